The molecule has 0 aliphatic rings. The molecule has 2 heterocycles. The third kappa shape index (κ3) is 5.76. The fraction of sp³-hybridized carbons (Fsp3) is 0.444. The third-order valence-corrected chi connectivity index (χ3v) is 5.48. The van der Waals surface area contributed by atoms with Crippen LogP contribution in [0.25, 0.3) is 27.2 Å². The van der Waals surface area contributed by atoms with Crippen LogP contribution in [0.15, 0.2) is 42.0 Å². The van der Waals surface area contributed by atoms with Crippen molar-refractivity contribution < 1.29 is 14.3 Å². The maximum Gasteiger partial charge on any atom is 0.407 e. The Morgan fingerprint density at radius 1 is 1.21 bits per heavy atom. The average molecular weight is 466 g/mol. The molecule has 0 saturated heterocycles. The predicted molar refractivity (Wildman–Crippen MR) is 137 cm³/mol. The van der Waals surface area contributed by atoms with Crippen LogP contribution < -0.4 is 15.6 Å². The second-order valence-electron chi connectivity index (χ2n) is 10.2. The number of hydrogen-bond acceptors (Lipinski definition) is 5. The molecule has 7 heteroatoms. The van der Waals surface area contributed by atoms with Gasteiger partial charge in [0.1, 0.15) is 18.0 Å². The molecule has 0 radical (unpaired) electrons. The summed E-state index contributed by atoms with van der Waals surface area (Å²) < 4.78 is 13.3. The molecule has 0 fully saturated rings. The Morgan fingerprint density at radius 2 is 1.91 bits per heavy atom. The molecule has 182 valence electrons. The standard InChI is InChI=1S/C27H35N3O4/c1-16(2)11-18(29-26(32)34-27(5,6)7)15-33-24-13-23-21(12-20(24)17(3)4)19-9-10-28-14-22(19)25(31)30(23)8/h9-10,12-14,16,18H,3,11,15H2,1-2,4-8H3,(H,29,32). The Morgan fingerprint density at radius 3 is 2.53 bits per heavy atom. The van der Waals surface area contributed by atoms with Crippen molar-refractivity contribution in [3.63, 3.8) is 0 Å². The van der Waals surface area contributed by atoms with Gasteiger partial charge in [0, 0.05) is 36.5 Å². The Labute approximate surface area is 200 Å². The molecule has 1 amide bonds. The largest absolute Gasteiger partial charge is 0.491 e. The number of carbonyl (C=O) groups excluding carboxylic acids is 1. The summed E-state index contributed by atoms with van der Waals surface area (Å²) >= 11 is 0. The van der Waals surface area contributed by atoms with Gasteiger partial charge in [-0.25, -0.2) is 4.79 Å². The quantitative estimate of drug-likeness (QED) is 0.470. The molecule has 1 N–H and O–H groups in total. The number of aromatic nitrogens is 2. The van der Waals surface area contributed by atoms with E-state index in [9.17, 15) is 9.59 Å². The Kier molecular flexibility index (Phi) is 7.34. The van der Waals surface area contributed by atoms with Crippen LogP contribution in [0.2, 0.25) is 0 Å². The van der Waals surface area contributed by atoms with E-state index in [1.807, 2.05) is 45.9 Å². The molecular weight excluding hydrogens is 430 g/mol. The van der Waals surface area contributed by atoms with E-state index < -0.39 is 11.7 Å². The number of ether oxygens (including phenoxy) is 2. The number of aryl methyl sites for hydroxylation is 1. The van der Waals surface area contributed by atoms with Gasteiger partial charge in [-0.05, 0) is 63.1 Å². The molecule has 0 spiro atoms. The van der Waals surface area contributed by atoms with Gasteiger partial charge in [-0.2, -0.15) is 0 Å². The number of nitrogens with one attached hydrogen (secondary N) is 1. The number of nitrogens with zero attached hydrogens (tertiary/aromatic N) is 2. The van der Waals surface area contributed by atoms with E-state index in [1.165, 1.54) is 0 Å². The Bertz CT molecular complexity index is 1280. The molecule has 0 aliphatic carbocycles. The molecule has 1 aromatic carbocycles. The van der Waals surface area contributed by atoms with Crippen molar-refractivity contribution in [2.24, 2.45) is 13.0 Å². The Hall–Kier alpha value is -3.35. The summed E-state index contributed by atoms with van der Waals surface area (Å²) in [7, 11) is 1.74. The summed E-state index contributed by atoms with van der Waals surface area (Å²) in [5.74, 6) is 0.963. The SMILES string of the molecule is C=C(C)c1cc2c3ccncc3c(=O)n(C)c2cc1OCC(CC(C)C)NC(=O)OC(C)(C)C. The molecule has 34 heavy (non-hydrogen) atoms. The number of amides is 1. The lowest BCUT2D eigenvalue weighted by molar-refractivity contribution is 0.0480. The molecule has 1 atom stereocenters. The van der Waals surface area contributed by atoms with Crippen LogP contribution in [-0.2, 0) is 11.8 Å². The maximum atomic E-state index is 12.9. The first-order valence-electron chi connectivity index (χ1n) is 11.6. The summed E-state index contributed by atoms with van der Waals surface area (Å²) in [6.45, 7) is 16.0. The first-order valence-corrected chi connectivity index (χ1v) is 11.6. The summed E-state index contributed by atoms with van der Waals surface area (Å²) in [5, 5.41) is 5.27. The van der Waals surface area contributed by atoms with Gasteiger partial charge in [-0.1, -0.05) is 20.4 Å². The second-order valence-corrected chi connectivity index (χ2v) is 10.2. The van der Waals surface area contributed by atoms with E-state index in [0.29, 0.717) is 17.1 Å². The zero-order chi connectivity index (χ0) is 25.2. The number of carbonyl (C=O) groups is 1. The lowest BCUT2D eigenvalue weighted by Crippen LogP contribution is -2.42. The smallest absolute Gasteiger partial charge is 0.407 e. The minimum atomic E-state index is -0.581. The molecule has 0 saturated carbocycles. The fourth-order valence-electron chi connectivity index (χ4n) is 4.01. The number of benzene rings is 1. The highest BCUT2D eigenvalue weighted by Crippen LogP contribution is 2.33. The molecule has 7 nitrogen and oxygen atoms in total. The molecule has 0 aliphatic heterocycles. The van der Waals surface area contributed by atoms with E-state index in [0.717, 1.165) is 33.8 Å². The van der Waals surface area contributed by atoms with E-state index in [2.05, 4.69) is 30.7 Å². The summed E-state index contributed by atoms with van der Waals surface area (Å²) in [5.41, 5.74) is 1.75. The number of pyridine rings is 2. The van der Waals surface area contributed by atoms with Gasteiger partial charge in [0.15, 0.2) is 0 Å². The van der Waals surface area contributed by atoms with Crippen molar-refractivity contribution in [2.45, 2.75) is 59.6 Å². The van der Waals surface area contributed by atoms with Crippen LogP contribution >= 0.6 is 0 Å². The van der Waals surface area contributed by atoms with E-state index in [4.69, 9.17) is 9.47 Å². The van der Waals surface area contributed by atoms with Crippen molar-refractivity contribution in [1.29, 1.82) is 0 Å². The van der Waals surface area contributed by atoms with Gasteiger partial charge < -0.3 is 19.4 Å². The van der Waals surface area contributed by atoms with Crippen molar-refractivity contribution in [3.05, 3.63) is 53.1 Å². The van der Waals surface area contributed by atoms with Gasteiger partial charge in [0.25, 0.3) is 5.56 Å². The van der Waals surface area contributed by atoms with Gasteiger partial charge in [-0.15, -0.1) is 0 Å². The number of rotatable bonds is 7. The normalized spacial score (nSPS) is 12.7. The first-order chi connectivity index (χ1) is 15.9. The van der Waals surface area contributed by atoms with Gasteiger partial charge in [0.2, 0.25) is 0 Å². The molecule has 3 rings (SSSR count). The lowest BCUT2D eigenvalue weighted by Gasteiger charge is -2.25. The van der Waals surface area contributed by atoms with Crippen LogP contribution in [0.1, 0.15) is 53.5 Å². The highest BCUT2D eigenvalue weighted by Gasteiger charge is 2.22. The number of alkyl carbamates (subject to hydrolysis) is 1. The topological polar surface area (TPSA) is 82.5 Å². The molecule has 0 bridgehead atoms. The summed E-state index contributed by atoms with van der Waals surface area (Å²) in [6.07, 6.45) is 3.54. The van der Waals surface area contributed by atoms with Crippen LogP contribution in [0, 0.1) is 5.92 Å². The van der Waals surface area contributed by atoms with Gasteiger partial charge >= 0.3 is 6.09 Å². The molecular formula is C27H35N3O4. The van der Waals surface area contributed by atoms with Crippen molar-refractivity contribution in [1.82, 2.24) is 14.9 Å². The minimum absolute atomic E-state index is 0.117. The molecule has 2 aromatic heterocycles. The zero-order valence-corrected chi connectivity index (χ0v) is 21.2. The summed E-state index contributed by atoms with van der Waals surface area (Å²) in [4.78, 5) is 29.4. The van der Waals surface area contributed by atoms with Crippen LogP contribution in [0.5, 0.6) is 5.75 Å². The van der Waals surface area contributed by atoms with Crippen molar-refractivity contribution in [3.8, 4) is 5.75 Å². The highest BCUT2D eigenvalue weighted by atomic mass is 16.6. The van der Waals surface area contributed by atoms with Crippen LogP contribution in [0.3, 0.4) is 0 Å². The lowest BCUT2D eigenvalue weighted by atomic mass is 10.0. The van der Waals surface area contributed by atoms with Crippen LogP contribution in [0.4, 0.5) is 4.79 Å². The number of hydrogen-bond donors (Lipinski definition) is 1. The van der Waals surface area contributed by atoms with Crippen LogP contribution in [-0.4, -0.2) is 33.9 Å². The maximum absolute atomic E-state index is 12.9. The molecule has 1 unspecified atom stereocenters. The van der Waals surface area contributed by atoms with E-state index in [1.54, 1.807) is 24.0 Å². The van der Waals surface area contributed by atoms with Gasteiger partial charge in [0.05, 0.1) is 16.9 Å². The van der Waals surface area contributed by atoms with E-state index >= 15 is 0 Å². The summed E-state index contributed by atoms with van der Waals surface area (Å²) in [6, 6.07) is 5.49. The monoisotopic (exact) mass is 465 g/mol. The number of fused-ring (bicyclic) bond motifs is 3. The van der Waals surface area contributed by atoms with Gasteiger partial charge in [-0.3, -0.25) is 9.78 Å². The van der Waals surface area contributed by atoms with Crippen molar-refractivity contribution in [2.75, 3.05) is 6.61 Å². The third-order valence-electron chi connectivity index (χ3n) is 5.48. The first kappa shape index (κ1) is 25.3. The number of allylic oxidation sites excluding steroid dienone is 1. The van der Waals surface area contributed by atoms with Crippen molar-refractivity contribution >= 4 is 33.3 Å². The predicted octanol–water partition coefficient (Wildman–Crippen LogP) is 5.44. The fourth-order valence-corrected chi connectivity index (χ4v) is 4.01. The molecule has 3 aromatic rings. The zero-order valence-electron chi connectivity index (χ0n) is 21.2. The second kappa shape index (κ2) is 9.87. The average Bonchev–Trinajstić information content (AvgIpc) is 2.73. The van der Waals surface area contributed by atoms with E-state index in [-0.39, 0.29) is 18.2 Å². The highest BCUT2D eigenvalue weighted by molar-refractivity contribution is 6.06. The Balaban J connectivity index is 1.99. The minimum Gasteiger partial charge on any atom is -0.491 e.